The standard InChI is InChI=1S/C17H26N2O5S/c1-4-24-16-11-13(5-6-15(16)23-2)12-18-17(20)14-7-9-19(10-8-14)25(3,21)22/h5-6,11,14H,4,7-10,12H2,1-3H3,(H,18,20). The molecule has 0 spiro atoms. The number of rotatable bonds is 7. The SMILES string of the molecule is CCOc1cc(CNC(=O)C2CCN(S(C)(=O)=O)CC2)ccc1OC. The predicted octanol–water partition coefficient (Wildman–Crippen LogP) is 1.38. The molecule has 0 bridgehead atoms. The number of ether oxygens (including phenoxy) is 2. The molecular weight excluding hydrogens is 344 g/mol. The monoisotopic (exact) mass is 370 g/mol. The first-order chi connectivity index (χ1) is 11.8. The summed E-state index contributed by atoms with van der Waals surface area (Å²) in [6, 6.07) is 5.56. The number of nitrogens with one attached hydrogen (secondary N) is 1. The van der Waals surface area contributed by atoms with Gasteiger partial charge in [-0.15, -0.1) is 0 Å². The molecule has 1 amide bonds. The maximum atomic E-state index is 12.3. The van der Waals surface area contributed by atoms with Gasteiger partial charge in [-0.1, -0.05) is 6.07 Å². The van der Waals surface area contributed by atoms with E-state index >= 15 is 0 Å². The molecule has 1 aromatic rings. The number of benzene rings is 1. The highest BCUT2D eigenvalue weighted by Crippen LogP contribution is 2.28. The van der Waals surface area contributed by atoms with Crippen molar-refractivity contribution in [3.8, 4) is 11.5 Å². The molecule has 0 saturated carbocycles. The van der Waals surface area contributed by atoms with Crippen LogP contribution in [0.2, 0.25) is 0 Å². The Hall–Kier alpha value is -1.80. The molecule has 1 N–H and O–H groups in total. The van der Waals surface area contributed by atoms with Gasteiger partial charge in [0.1, 0.15) is 0 Å². The molecule has 1 heterocycles. The van der Waals surface area contributed by atoms with Crippen LogP contribution in [0.4, 0.5) is 0 Å². The molecule has 8 heteroatoms. The molecule has 1 aliphatic heterocycles. The van der Waals surface area contributed by atoms with Gasteiger partial charge in [-0.2, -0.15) is 0 Å². The second kappa shape index (κ2) is 8.53. The van der Waals surface area contributed by atoms with Crippen molar-refractivity contribution < 1.29 is 22.7 Å². The van der Waals surface area contributed by atoms with Crippen molar-refractivity contribution in [1.29, 1.82) is 0 Å². The number of amides is 1. The van der Waals surface area contributed by atoms with Crippen molar-refractivity contribution in [1.82, 2.24) is 9.62 Å². The maximum absolute atomic E-state index is 12.3. The van der Waals surface area contributed by atoms with E-state index in [0.29, 0.717) is 50.6 Å². The van der Waals surface area contributed by atoms with Gasteiger partial charge in [0, 0.05) is 25.6 Å². The first kappa shape index (κ1) is 19.5. The van der Waals surface area contributed by atoms with Gasteiger partial charge in [-0.3, -0.25) is 4.79 Å². The third-order valence-corrected chi connectivity index (χ3v) is 5.59. The van der Waals surface area contributed by atoms with Crippen LogP contribution >= 0.6 is 0 Å². The summed E-state index contributed by atoms with van der Waals surface area (Å²) in [5.41, 5.74) is 0.922. The summed E-state index contributed by atoms with van der Waals surface area (Å²) < 4.78 is 35.2. The Morgan fingerprint density at radius 3 is 2.52 bits per heavy atom. The lowest BCUT2D eigenvalue weighted by Crippen LogP contribution is -2.42. The summed E-state index contributed by atoms with van der Waals surface area (Å²) >= 11 is 0. The largest absolute Gasteiger partial charge is 0.493 e. The molecule has 0 aliphatic carbocycles. The molecule has 0 unspecified atom stereocenters. The minimum Gasteiger partial charge on any atom is -0.493 e. The van der Waals surface area contributed by atoms with Crippen molar-refractivity contribution in [2.24, 2.45) is 5.92 Å². The van der Waals surface area contributed by atoms with Crippen LogP contribution in [-0.2, 0) is 21.4 Å². The number of sulfonamides is 1. The molecular formula is C17H26N2O5S. The van der Waals surface area contributed by atoms with E-state index in [1.807, 2.05) is 25.1 Å². The normalized spacial score (nSPS) is 16.4. The fraction of sp³-hybridized carbons (Fsp3) is 0.588. The molecule has 0 radical (unpaired) electrons. The summed E-state index contributed by atoms with van der Waals surface area (Å²) in [4.78, 5) is 12.3. The molecule has 0 aromatic heterocycles. The molecule has 7 nitrogen and oxygen atoms in total. The van der Waals surface area contributed by atoms with Crippen LogP contribution < -0.4 is 14.8 Å². The Balaban J connectivity index is 1.89. The Labute approximate surface area is 149 Å². The summed E-state index contributed by atoms with van der Waals surface area (Å²) in [5, 5.41) is 2.93. The van der Waals surface area contributed by atoms with Crippen molar-refractivity contribution >= 4 is 15.9 Å². The zero-order valence-corrected chi connectivity index (χ0v) is 15.8. The minimum absolute atomic E-state index is 0.0399. The van der Waals surface area contributed by atoms with Gasteiger partial charge in [0.15, 0.2) is 11.5 Å². The third kappa shape index (κ3) is 5.34. The number of nitrogens with zero attached hydrogens (tertiary/aromatic N) is 1. The van der Waals surface area contributed by atoms with E-state index in [0.717, 1.165) is 5.56 Å². The van der Waals surface area contributed by atoms with Gasteiger partial charge >= 0.3 is 0 Å². The average molecular weight is 370 g/mol. The first-order valence-corrected chi connectivity index (χ1v) is 10.2. The number of hydrogen-bond donors (Lipinski definition) is 1. The van der Waals surface area contributed by atoms with Gasteiger partial charge in [0.05, 0.1) is 20.0 Å². The topological polar surface area (TPSA) is 84.9 Å². The summed E-state index contributed by atoms with van der Waals surface area (Å²) in [7, 11) is -1.59. The second-order valence-corrected chi connectivity index (χ2v) is 8.05. The van der Waals surface area contributed by atoms with E-state index < -0.39 is 10.0 Å². The van der Waals surface area contributed by atoms with Crippen LogP contribution in [0.5, 0.6) is 11.5 Å². The molecule has 1 aromatic carbocycles. The van der Waals surface area contributed by atoms with Crippen LogP contribution in [0, 0.1) is 5.92 Å². The van der Waals surface area contributed by atoms with E-state index in [2.05, 4.69) is 5.32 Å². The van der Waals surface area contributed by atoms with Crippen LogP contribution in [0.15, 0.2) is 18.2 Å². The lowest BCUT2D eigenvalue weighted by atomic mass is 9.97. The van der Waals surface area contributed by atoms with E-state index in [4.69, 9.17) is 9.47 Å². The van der Waals surface area contributed by atoms with E-state index in [1.165, 1.54) is 10.6 Å². The Morgan fingerprint density at radius 1 is 1.28 bits per heavy atom. The summed E-state index contributed by atoms with van der Waals surface area (Å²) in [6.07, 6.45) is 2.30. The molecule has 1 fully saturated rings. The second-order valence-electron chi connectivity index (χ2n) is 6.07. The van der Waals surface area contributed by atoms with Gasteiger partial charge in [0.25, 0.3) is 0 Å². The van der Waals surface area contributed by atoms with Crippen molar-refractivity contribution in [3.05, 3.63) is 23.8 Å². The number of carbonyl (C=O) groups is 1. The highest BCUT2D eigenvalue weighted by Gasteiger charge is 2.28. The van der Waals surface area contributed by atoms with Crippen molar-refractivity contribution in [3.63, 3.8) is 0 Å². The minimum atomic E-state index is -3.17. The number of hydrogen-bond acceptors (Lipinski definition) is 5. The van der Waals surface area contributed by atoms with Crippen LogP contribution in [0.25, 0.3) is 0 Å². The fourth-order valence-electron chi connectivity index (χ4n) is 2.88. The molecule has 1 saturated heterocycles. The molecule has 25 heavy (non-hydrogen) atoms. The van der Waals surface area contributed by atoms with Gasteiger partial charge < -0.3 is 14.8 Å². The fourth-order valence-corrected chi connectivity index (χ4v) is 3.76. The first-order valence-electron chi connectivity index (χ1n) is 8.37. The van der Waals surface area contributed by atoms with Crippen molar-refractivity contribution in [2.45, 2.75) is 26.3 Å². The number of piperidine rings is 1. The third-order valence-electron chi connectivity index (χ3n) is 4.29. The highest BCUT2D eigenvalue weighted by atomic mass is 32.2. The number of carbonyl (C=O) groups excluding carboxylic acids is 1. The van der Waals surface area contributed by atoms with Crippen LogP contribution in [0.3, 0.4) is 0 Å². The van der Waals surface area contributed by atoms with Crippen molar-refractivity contribution in [2.75, 3.05) is 33.1 Å². The van der Waals surface area contributed by atoms with E-state index in [9.17, 15) is 13.2 Å². The average Bonchev–Trinajstić information content (AvgIpc) is 2.59. The van der Waals surface area contributed by atoms with E-state index in [1.54, 1.807) is 7.11 Å². The Kier molecular flexibility index (Phi) is 6.66. The zero-order chi connectivity index (χ0) is 18.4. The summed E-state index contributed by atoms with van der Waals surface area (Å²) in [6.45, 7) is 3.62. The molecule has 2 rings (SSSR count). The molecule has 1 aliphatic rings. The molecule has 140 valence electrons. The van der Waals surface area contributed by atoms with Crippen LogP contribution in [0.1, 0.15) is 25.3 Å². The van der Waals surface area contributed by atoms with Gasteiger partial charge in [-0.05, 0) is 37.5 Å². The smallest absolute Gasteiger partial charge is 0.223 e. The quantitative estimate of drug-likeness (QED) is 0.784. The maximum Gasteiger partial charge on any atom is 0.223 e. The summed E-state index contributed by atoms with van der Waals surface area (Å²) in [5.74, 6) is 1.12. The van der Waals surface area contributed by atoms with Crippen LogP contribution in [-0.4, -0.2) is 51.7 Å². The molecule has 0 atom stereocenters. The zero-order valence-electron chi connectivity index (χ0n) is 14.9. The predicted molar refractivity (Wildman–Crippen MR) is 95.2 cm³/mol. The Bertz CT molecular complexity index is 697. The lowest BCUT2D eigenvalue weighted by Gasteiger charge is -2.29. The highest BCUT2D eigenvalue weighted by molar-refractivity contribution is 7.88. The lowest BCUT2D eigenvalue weighted by molar-refractivity contribution is -0.126. The Morgan fingerprint density at radius 2 is 1.96 bits per heavy atom. The van der Waals surface area contributed by atoms with Gasteiger partial charge in [0.2, 0.25) is 15.9 Å². The number of methoxy groups -OCH3 is 1. The van der Waals surface area contributed by atoms with Gasteiger partial charge in [-0.25, -0.2) is 12.7 Å². The van der Waals surface area contributed by atoms with E-state index in [-0.39, 0.29) is 11.8 Å².